The molecule has 0 saturated carbocycles. The van der Waals surface area contributed by atoms with E-state index in [2.05, 4.69) is 45.7 Å². The Morgan fingerprint density at radius 3 is 2.33 bits per heavy atom. The quantitative estimate of drug-likeness (QED) is 0.608. The van der Waals surface area contributed by atoms with Gasteiger partial charge in [-0.15, -0.1) is 0 Å². The Kier molecular flexibility index (Phi) is 3.31. The van der Waals surface area contributed by atoms with Crippen LogP contribution in [0.1, 0.15) is 10.5 Å². The number of nitrogens with one attached hydrogen (secondary N) is 1. The van der Waals surface area contributed by atoms with E-state index >= 15 is 0 Å². The number of carbonyl (C=O) groups excluding carboxylic acids is 1. The molecular weight excluding hydrogens is 300 g/mol. The van der Waals surface area contributed by atoms with Crippen LogP contribution in [0.3, 0.4) is 0 Å². The number of benzene rings is 3. The van der Waals surface area contributed by atoms with E-state index in [0.29, 0.717) is 5.69 Å². The molecule has 0 aliphatic carbocycles. The lowest BCUT2D eigenvalue weighted by Crippen LogP contribution is -2.12. The Hall–Kier alpha value is -3.47. The normalized spacial score (nSPS) is 10.8. The van der Waals surface area contributed by atoms with Crippen LogP contribution in [-0.2, 0) is 0 Å². The molecule has 0 radical (unpaired) electrons. The third kappa shape index (κ3) is 2.32. The Morgan fingerprint density at radius 1 is 0.833 bits per heavy atom. The van der Waals surface area contributed by atoms with Gasteiger partial charge in [-0.2, -0.15) is 15.4 Å². The van der Waals surface area contributed by atoms with Gasteiger partial charge in [0.2, 0.25) is 0 Å². The molecule has 0 fully saturated rings. The van der Waals surface area contributed by atoms with Crippen molar-refractivity contribution in [1.29, 1.82) is 0 Å². The maximum atomic E-state index is 11.4. The molecule has 3 N–H and O–H groups in total. The van der Waals surface area contributed by atoms with Gasteiger partial charge in [-0.25, -0.2) is 0 Å². The van der Waals surface area contributed by atoms with Gasteiger partial charge in [0.15, 0.2) is 5.69 Å². The molecule has 0 saturated heterocycles. The number of nitrogens with zero attached hydrogens (tertiary/aromatic N) is 2. The van der Waals surface area contributed by atoms with Crippen molar-refractivity contribution in [2.24, 2.45) is 5.73 Å². The number of fused-ring (bicyclic) bond motifs is 1. The van der Waals surface area contributed by atoms with Crippen LogP contribution in [0.5, 0.6) is 0 Å². The molecule has 4 aromatic rings. The first-order chi connectivity index (χ1) is 11.7. The van der Waals surface area contributed by atoms with Crippen molar-refractivity contribution in [2.45, 2.75) is 0 Å². The molecule has 0 aliphatic heterocycles. The molecule has 3 aromatic carbocycles. The van der Waals surface area contributed by atoms with E-state index in [9.17, 15) is 4.79 Å². The molecule has 0 spiro atoms. The van der Waals surface area contributed by atoms with E-state index < -0.39 is 5.91 Å². The fourth-order valence-corrected chi connectivity index (χ4v) is 2.89. The zero-order chi connectivity index (χ0) is 16.5. The SMILES string of the molecule is NC(=O)c1n[nH]nc1-c1ccc(-c2cccc3ccccc23)cc1. The smallest absolute Gasteiger partial charge is 0.271 e. The van der Waals surface area contributed by atoms with E-state index in [0.717, 1.165) is 16.7 Å². The average Bonchev–Trinajstić information content (AvgIpc) is 3.11. The standard InChI is InChI=1S/C19H14N4O/c20-19(24)18-17(21-23-22-18)14-10-8-13(9-11-14)16-7-3-5-12-4-1-2-6-15(12)16/h1-11H,(H2,20,24)(H,21,22,23). The van der Waals surface area contributed by atoms with Gasteiger partial charge in [0.25, 0.3) is 5.91 Å². The summed E-state index contributed by atoms with van der Waals surface area (Å²) in [6.07, 6.45) is 0. The molecular formula is C19H14N4O. The largest absolute Gasteiger partial charge is 0.364 e. The van der Waals surface area contributed by atoms with Gasteiger partial charge < -0.3 is 5.73 Å². The van der Waals surface area contributed by atoms with Crippen molar-refractivity contribution in [3.05, 3.63) is 72.4 Å². The Balaban J connectivity index is 1.79. The number of primary amides is 1. The number of hydrogen-bond donors (Lipinski definition) is 2. The van der Waals surface area contributed by atoms with E-state index in [-0.39, 0.29) is 5.69 Å². The van der Waals surface area contributed by atoms with Gasteiger partial charge >= 0.3 is 0 Å². The first-order valence-corrected chi connectivity index (χ1v) is 7.53. The topological polar surface area (TPSA) is 84.7 Å². The van der Waals surface area contributed by atoms with Gasteiger partial charge in [0.05, 0.1) is 0 Å². The van der Waals surface area contributed by atoms with E-state index in [1.54, 1.807) is 0 Å². The number of aromatic amines is 1. The van der Waals surface area contributed by atoms with Crippen LogP contribution in [-0.4, -0.2) is 21.3 Å². The summed E-state index contributed by atoms with van der Waals surface area (Å²) in [7, 11) is 0. The van der Waals surface area contributed by atoms with Crippen molar-refractivity contribution in [1.82, 2.24) is 15.4 Å². The number of amides is 1. The molecule has 1 aromatic heterocycles. The second-order valence-corrected chi connectivity index (χ2v) is 5.49. The lowest BCUT2D eigenvalue weighted by Gasteiger charge is -2.07. The number of nitrogens with two attached hydrogens (primary N) is 1. The van der Waals surface area contributed by atoms with E-state index in [4.69, 9.17) is 5.73 Å². The average molecular weight is 314 g/mol. The second-order valence-electron chi connectivity index (χ2n) is 5.49. The van der Waals surface area contributed by atoms with Crippen LogP contribution in [0.2, 0.25) is 0 Å². The number of carbonyl (C=O) groups is 1. The van der Waals surface area contributed by atoms with Gasteiger partial charge in [-0.05, 0) is 21.9 Å². The molecule has 1 amide bonds. The highest BCUT2D eigenvalue weighted by molar-refractivity contribution is 5.98. The fourth-order valence-electron chi connectivity index (χ4n) is 2.89. The van der Waals surface area contributed by atoms with Crippen LogP contribution in [0, 0.1) is 0 Å². The van der Waals surface area contributed by atoms with Gasteiger partial charge in [0.1, 0.15) is 5.69 Å². The Labute approximate surface area is 138 Å². The minimum atomic E-state index is -0.600. The van der Waals surface area contributed by atoms with Crippen molar-refractivity contribution in [3.63, 3.8) is 0 Å². The number of hydrogen-bond acceptors (Lipinski definition) is 3. The summed E-state index contributed by atoms with van der Waals surface area (Å²) in [4.78, 5) is 11.4. The second kappa shape index (κ2) is 5.62. The van der Waals surface area contributed by atoms with Gasteiger partial charge in [0, 0.05) is 5.56 Å². The molecule has 0 atom stereocenters. The predicted molar refractivity (Wildman–Crippen MR) is 93.3 cm³/mol. The zero-order valence-corrected chi connectivity index (χ0v) is 12.7. The molecule has 5 heteroatoms. The number of rotatable bonds is 3. The van der Waals surface area contributed by atoms with Crippen LogP contribution in [0.25, 0.3) is 33.2 Å². The zero-order valence-electron chi connectivity index (χ0n) is 12.7. The Bertz CT molecular complexity index is 1030. The molecule has 0 unspecified atom stereocenters. The monoisotopic (exact) mass is 314 g/mol. The molecule has 116 valence electrons. The maximum absolute atomic E-state index is 11.4. The summed E-state index contributed by atoms with van der Waals surface area (Å²) >= 11 is 0. The maximum Gasteiger partial charge on any atom is 0.271 e. The first kappa shape index (κ1) is 14.1. The van der Waals surface area contributed by atoms with Crippen molar-refractivity contribution in [3.8, 4) is 22.4 Å². The predicted octanol–water partition coefficient (Wildman–Crippen LogP) is 3.39. The van der Waals surface area contributed by atoms with Crippen LogP contribution < -0.4 is 5.73 Å². The van der Waals surface area contributed by atoms with Crippen molar-refractivity contribution in [2.75, 3.05) is 0 Å². The summed E-state index contributed by atoms with van der Waals surface area (Å²) < 4.78 is 0. The molecule has 4 rings (SSSR count). The fraction of sp³-hybridized carbons (Fsp3) is 0. The number of H-pyrrole nitrogens is 1. The lowest BCUT2D eigenvalue weighted by molar-refractivity contribution is 0.0996. The molecule has 24 heavy (non-hydrogen) atoms. The molecule has 5 nitrogen and oxygen atoms in total. The lowest BCUT2D eigenvalue weighted by atomic mass is 9.97. The van der Waals surface area contributed by atoms with E-state index in [1.165, 1.54) is 10.8 Å². The summed E-state index contributed by atoms with van der Waals surface area (Å²) in [6.45, 7) is 0. The summed E-state index contributed by atoms with van der Waals surface area (Å²) in [6, 6.07) is 22.4. The summed E-state index contributed by atoms with van der Waals surface area (Å²) in [5.41, 5.74) is 8.98. The third-order valence-electron chi connectivity index (χ3n) is 4.04. The molecule has 0 aliphatic rings. The number of aromatic nitrogens is 3. The first-order valence-electron chi connectivity index (χ1n) is 7.53. The minimum Gasteiger partial charge on any atom is -0.364 e. The summed E-state index contributed by atoms with van der Waals surface area (Å²) in [5.74, 6) is -0.600. The van der Waals surface area contributed by atoms with Crippen molar-refractivity contribution < 1.29 is 4.79 Å². The summed E-state index contributed by atoms with van der Waals surface area (Å²) in [5, 5.41) is 12.7. The van der Waals surface area contributed by atoms with Crippen molar-refractivity contribution >= 4 is 16.7 Å². The molecule has 1 heterocycles. The van der Waals surface area contributed by atoms with Crippen LogP contribution in [0.15, 0.2) is 66.7 Å². The van der Waals surface area contributed by atoms with Crippen LogP contribution in [0.4, 0.5) is 0 Å². The third-order valence-corrected chi connectivity index (χ3v) is 4.04. The van der Waals surface area contributed by atoms with E-state index in [1.807, 2.05) is 36.4 Å². The van der Waals surface area contributed by atoms with Gasteiger partial charge in [-0.1, -0.05) is 66.7 Å². The highest BCUT2D eigenvalue weighted by Crippen LogP contribution is 2.30. The highest BCUT2D eigenvalue weighted by Gasteiger charge is 2.15. The van der Waals surface area contributed by atoms with Gasteiger partial charge in [-0.3, -0.25) is 4.79 Å². The molecule has 0 bridgehead atoms. The highest BCUT2D eigenvalue weighted by atomic mass is 16.1. The Morgan fingerprint density at radius 2 is 1.54 bits per heavy atom. The minimum absolute atomic E-state index is 0.146. The van der Waals surface area contributed by atoms with Crippen LogP contribution >= 0.6 is 0 Å².